The maximum absolute atomic E-state index is 13.4. The van der Waals surface area contributed by atoms with Gasteiger partial charge in [0.05, 0.1) is 16.8 Å². The number of benzene rings is 1. The molecular formula is C25H28F3N5O. The molecule has 2 heterocycles. The van der Waals surface area contributed by atoms with Crippen molar-refractivity contribution >= 4 is 28.3 Å². The minimum Gasteiger partial charge on any atom is -0.382 e. The number of nitrogens with two attached hydrogens (primary N) is 1. The number of halogens is 3. The zero-order valence-corrected chi connectivity index (χ0v) is 19.4. The first-order valence-corrected chi connectivity index (χ1v) is 11.3. The second-order valence-electron chi connectivity index (χ2n) is 9.05. The Morgan fingerprint density at radius 1 is 1.09 bits per heavy atom. The smallest absolute Gasteiger partial charge is 0.382 e. The van der Waals surface area contributed by atoms with E-state index in [-0.39, 0.29) is 12.0 Å². The lowest BCUT2D eigenvalue weighted by atomic mass is 9.79. The lowest BCUT2D eigenvalue weighted by Crippen LogP contribution is -2.28. The van der Waals surface area contributed by atoms with Crippen LogP contribution in [0.4, 0.5) is 24.7 Å². The first-order valence-electron chi connectivity index (χ1n) is 11.3. The molecule has 0 spiro atoms. The number of nitrogens with zero attached hydrogens (tertiary/aromatic N) is 3. The van der Waals surface area contributed by atoms with E-state index in [1.54, 1.807) is 31.2 Å². The Kier molecular flexibility index (Phi) is 6.38. The number of aromatic nitrogens is 2. The fourth-order valence-corrected chi connectivity index (χ4v) is 4.76. The molecule has 1 aliphatic rings. The van der Waals surface area contributed by atoms with E-state index < -0.39 is 17.8 Å². The summed E-state index contributed by atoms with van der Waals surface area (Å²) < 4.78 is 40.2. The molecule has 1 fully saturated rings. The van der Waals surface area contributed by atoms with Gasteiger partial charge in [0.2, 0.25) is 0 Å². The fraction of sp³-hybridized carbons (Fsp3) is 0.400. The first kappa shape index (κ1) is 23.8. The maximum Gasteiger partial charge on any atom is 0.433 e. The van der Waals surface area contributed by atoms with Crippen molar-refractivity contribution in [2.24, 2.45) is 5.73 Å². The molecule has 3 N–H and O–H groups in total. The lowest BCUT2D eigenvalue weighted by Gasteiger charge is -2.32. The Balaban J connectivity index is 1.57. The fourth-order valence-electron chi connectivity index (χ4n) is 4.76. The Morgan fingerprint density at radius 3 is 2.38 bits per heavy atom. The highest BCUT2D eigenvalue weighted by molar-refractivity contribution is 5.96. The van der Waals surface area contributed by atoms with Crippen LogP contribution in [0.15, 0.2) is 36.4 Å². The number of fused-ring (bicyclic) bond motifs is 1. The van der Waals surface area contributed by atoms with Crippen molar-refractivity contribution in [2.45, 2.75) is 50.7 Å². The summed E-state index contributed by atoms with van der Waals surface area (Å²) in [5.41, 5.74) is 7.50. The minimum atomic E-state index is -4.52. The third-order valence-corrected chi connectivity index (χ3v) is 6.46. The van der Waals surface area contributed by atoms with Crippen molar-refractivity contribution in [3.05, 3.63) is 58.9 Å². The van der Waals surface area contributed by atoms with Gasteiger partial charge in [-0.1, -0.05) is 18.2 Å². The van der Waals surface area contributed by atoms with E-state index in [1.807, 2.05) is 25.1 Å². The number of alkyl halides is 3. The molecule has 1 aromatic carbocycles. The van der Waals surface area contributed by atoms with E-state index in [0.717, 1.165) is 43.1 Å². The van der Waals surface area contributed by atoms with E-state index in [2.05, 4.69) is 15.3 Å². The molecular weight excluding hydrogens is 443 g/mol. The number of anilines is 2. The molecule has 9 heteroatoms. The first-order chi connectivity index (χ1) is 16.0. The summed E-state index contributed by atoms with van der Waals surface area (Å²) in [7, 11) is 3.79. The van der Waals surface area contributed by atoms with Crippen LogP contribution in [-0.2, 0) is 6.18 Å². The van der Waals surface area contributed by atoms with Crippen LogP contribution in [0.1, 0.15) is 58.9 Å². The molecule has 0 saturated heterocycles. The van der Waals surface area contributed by atoms with Gasteiger partial charge < -0.3 is 16.0 Å². The summed E-state index contributed by atoms with van der Waals surface area (Å²) in [6, 6.07) is 9.87. The highest BCUT2D eigenvalue weighted by atomic mass is 19.4. The van der Waals surface area contributed by atoms with E-state index in [4.69, 9.17) is 5.73 Å². The van der Waals surface area contributed by atoms with Crippen LogP contribution in [0.3, 0.4) is 0 Å². The molecule has 1 amide bonds. The quantitative estimate of drug-likeness (QED) is 0.530. The Labute approximate surface area is 196 Å². The molecule has 0 atom stereocenters. The van der Waals surface area contributed by atoms with Crippen LogP contribution >= 0.6 is 0 Å². The van der Waals surface area contributed by atoms with Crippen LogP contribution in [0, 0.1) is 6.92 Å². The zero-order chi connectivity index (χ0) is 24.6. The number of para-hydroxylation sites is 1. The third kappa shape index (κ3) is 4.78. The molecule has 0 bridgehead atoms. The van der Waals surface area contributed by atoms with Gasteiger partial charge >= 0.3 is 6.18 Å². The molecule has 0 aliphatic heterocycles. The van der Waals surface area contributed by atoms with Gasteiger partial charge in [0.1, 0.15) is 11.5 Å². The van der Waals surface area contributed by atoms with Crippen LogP contribution in [0.2, 0.25) is 0 Å². The molecule has 1 saturated carbocycles. The number of carbonyl (C=O) groups excluding carboxylic acids is 1. The predicted octanol–water partition coefficient (Wildman–Crippen LogP) is 5.26. The van der Waals surface area contributed by atoms with Crippen molar-refractivity contribution in [2.75, 3.05) is 24.3 Å². The third-order valence-electron chi connectivity index (χ3n) is 6.46. The van der Waals surface area contributed by atoms with Crippen LogP contribution in [0.5, 0.6) is 0 Å². The molecule has 3 aromatic rings. The van der Waals surface area contributed by atoms with Gasteiger partial charge in [-0.25, -0.2) is 9.97 Å². The monoisotopic (exact) mass is 471 g/mol. The Bertz CT molecular complexity index is 1220. The zero-order valence-electron chi connectivity index (χ0n) is 19.4. The molecule has 6 nitrogen and oxygen atoms in total. The number of hydrogen-bond acceptors (Lipinski definition) is 5. The van der Waals surface area contributed by atoms with E-state index >= 15 is 0 Å². The molecule has 34 heavy (non-hydrogen) atoms. The number of pyridine rings is 2. The van der Waals surface area contributed by atoms with E-state index in [0.29, 0.717) is 27.8 Å². The Morgan fingerprint density at radius 2 is 1.76 bits per heavy atom. The number of hydrogen-bond donors (Lipinski definition) is 2. The summed E-state index contributed by atoms with van der Waals surface area (Å²) in [4.78, 5) is 22.3. The van der Waals surface area contributed by atoms with Crippen molar-refractivity contribution < 1.29 is 18.0 Å². The summed E-state index contributed by atoms with van der Waals surface area (Å²) in [6.45, 7) is 1.79. The van der Waals surface area contributed by atoms with Gasteiger partial charge in [-0.05, 0) is 62.3 Å². The van der Waals surface area contributed by atoms with Gasteiger partial charge in [-0.15, -0.1) is 0 Å². The summed E-state index contributed by atoms with van der Waals surface area (Å²) in [6.07, 6.45) is -1.46. The van der Waals surface area contributed by atoms with Crippen LogP contribution in [-0.4, -0.2) is 36.0 Å². The molecule has 2 aromatic heterocycles. The summed E-state index contributed by atoms with van der Waals surface area (Å²) in [5.74, 6) is 0.398. The number of aryl methyl sites for hydroxylation is 1. The van der Waals surface area contributed by atoms with Gasteiger partial charge in [0.25, 0.3) is 5.91 Å². The molecule has 4 rings (SSSR count). The average molecular weight is 472 g/mol. The van der Waals surface area contributed by atoms with Gasteiger partial charge in [-0.3, -0.25) is 4.79 Å². The largest absolute Gasteiger partial charge is 0.433 e. The minimum absolute atomic E-state index is 0.0106. The van der Waals surface area contributed by atoms with Crippen molar-refractivity contribution in [1.29, 1.82) is 0 Å². The van der Waals surface area contributed by atoms with Crippen molar-refractivity contribution in [3.63, 3.8) is 0 Å². The van der Waals surface area contributed by atoms with Gasteiger partial charge in [0.15, 0.2) is 0 Å². The second-order valence-corrected chi connectivity index (χ2v) is 9.05. The number of nitrogens with one attached hydrogen (secondary N) is 1. The molecule has 0 radical (unpaired) electrons. The maximum atomic E-state index is 13.4. The van der Waals surface area contributed by atoms with Crippen LogP contribution < -0.4 is 16.0 Å². The number of primary amides is 1. The highest BCUT2D eigenvalue weighted by Gasteiger charge is 2.34. The molecule has 180 valence electrons. The summed E-state index contributed by atoms with van der Waals surface area (Å²) in [5, 5.41) is 4.00. The van der Waals surface area contributed by atoms with Gasteiger partial charge in [0, 0.05) is 31.2 Å². The van der Waals surface area contributed by atoms with Gasteiger partial charge in [-0.2, -0.15) is 13.2 Å². The summed E-state index contributed by atoms with van der Waals surface area (Å²) >= 11 is 0. The average Bonchev–Trinajstić information content (AvgIpc) is 2.78. The van der Waals surface area contributed by atoms with Crippen molar-refractivity contribution in [1.82, 2.24) is 9.97 Å². The number of amides is 1. The Hall–Kier alpha value is -3.36. The second kappa shape index (κ2) is 9.12. The number of carbonyl (C=O) groups is 1. The molecule has 1 aliphatic carbocycles. The standard InChI is InChI=1S/C25H28F3N5O/c1-14-23(24(29)34)18(12-22(30-14)33(2)3)15-8-10-16(11-9-15)31-20-13-21(25(26,27)28)32-19-7-5-4-6-17(19)20/h4-7,12-13,15-16H,8-11H2,1-3H3,(H2,29,34)(H,31,32). The SMILES string of the molecule is Cc1nc(N(C)C)cc(C2CCC(Nc3cc(C(F)(F)F)nc4ccccc34)CC2)c1C(N)=O. The molecule has 0 unspecified atom stereocenters. The van der Waals surface area contributed by atoms with E-state index in [9.17, 15) is 18.0 Å². The topological polar surface area (TPSA) is 84.1 Å². The van der Waals surface area contributed by atoms with Crippen molar-refractivity contribution in [3.8, 4) is 0 Å². The van der Waals surface area contributed by atoms with E-state index in [1.165, 1.54) is 0 Å². The highest BCUT2D eigenvalue weighted by Crippen LogP contribution is 2.39. The lowest BCUT2D eigenvalue weighted by molar-refractivity contribution is -0.140. The normalized spacial score (nSPS) is 18.6. The number of rotatable bonds is 5. The van der Waals surface area contributed by atoms with Crippen LogP contribution in [0.25, 0.3) is 10.9 Å². The predicted molar refractivity (Wildman–Crippen MR) is 127 cm³/mol.